The van der Waals surface area contributed by atoms with E-state index in [9.17, 15) is 4.89 Å². The van der Waals surface area contributed by atoms with E-state index in [1.165, 1.54) is 12.8 Å². The molecule has 0 aromatic carbocycles. The highest BCUT2D eigenvalue weighted by atomic mass is 32.9. The molecule has 0 amide bonds. The first-order valence-corrected chi connectivity index (χ1v) is 13.5. The predicted octanol–water partition coefficient (Wildman–Crippen LogP) is 7.16. The average molecular weight is 383 g/mol. The normalized spacial score (nSPS) is 17.4. The van der Waals surface area contributed by atoms with E-state index in [0.29, 0.717) is 17.1 Å². The summed E-state index contributed by atoms with van der Waals surface area (Å²) < 4.78 is 6.09. The van der Waals surface area contributed by atoms with Crippen LogP contribution in [0.3, 0.4) is 0 Å². The van der Waals surface area contributed by atoms with Crippen LogP contribution >= 0.6 is 17.1 Å². The highest BCUT2D eigenvalue weighted by Crippen LogP contribution is 2.61. The van der Waals surface area contributed by atoms with Crippen molar-refractivity contribution in [1.82, 2.24) is 0 Å². The van der Waals surface area contributed by atoms with Crippen molar-refractivity contribution in [1.29, 1.82) is 0 Å². The molecule has 0 aromatic heterocycles. The van der Waals surface area contributed by atoms with E-state index in [0.717, 1.165) is 38.5 Å². The molecular formula is C18H39O2PS2. The van der Waals surface area contributed by atoms with E-state index in [1.807, 2.05) is 0 Å². The zero-order valence-electron chi connectivity index (χ0n) is 16.1. The van der Waals surface area contributed by atoms with Gasteiger partial charge in [0.1, 0.15) is 0 Å². The van der Waals surface area contributed by atoms with Crippen LogP contribution in [0.2, 0.25) is 0 Å². The molecule has 3 unspecified atom stereocenters. The quantitative estimate of drug-likeness (QED) is 0.323. The summed E-state index contributed by atoms with van der Waals surface area (Å²) in [6.07, 6.45) is 9.05. The molecule has 0 saturated carbocycles. The maximum Gasteiger partial charge on any atom is 0.245 e. The molecule has 140 valence electrons. The van der Waals surface area contributed by atoms with Gasteiger partial charge in [-0.3, -0.25) is 0 Å². The van der Waals surface area contributed by atoms with Gasteiger partial charge in [-0.1, -0.05) is 78.6 Å². The van der Waals surface area contributed by atoms with E-state index in [1.54, 1.807) is 11.4 Å². The first-order chi connectivity index (χ1) is 10.7. The second-order valence-corrected chi connectivity index (χ2v) is 13.8. The van der Waals surface area contributed by atoms with Crippen LogP contribution in [0.1, 0.15) is 92.9 Å². The van der Waals surface area contributed by atoms with Crippen molar-refractivity contribution in [2.24, 2.45) is 11.8 Å². The maximum atomic E-state index is 10.7. The maximum absolute atomic E-state index is 10.7. The van der Waals surface area contributed by atoms with Crippen LogP contribution in [0.5, 0.6) is 0 Å². The average Bonchev–Trinajstić information content (AvgIpc) is 2.40. The Balaban J connectivity index is 4.70. The third kappa shape index (κ3) is 13.8. The fourth-order valence-corrected chi connectivity index (χ4v) is 8.16. The summed E-state index contributed by atoms with van der Waals surface area (Å²) in [6, 6.07) is 0. The second kappa shape index (κ2) is 13.2. The molecule has 0 saturated heterocycles. The molecule has 0 aliphatic rings. The van der Waals surface area contributed by atoms with Gasteiger partial charge in [0.15, 0.2) is 0 Å². The Morgan fingerprint density at radius 3 is 1.96 bits per heavy atom. The van der Waals surface area contributed by atoms with Crippen molar-refractivity contribution in [2.45, 2.75) is 104 Å². The lowest BCUT2D eigenvalue weighted by atomic mass is 10.0. The van der Waals surface area contributed by atoms with Gasteiger partial charge in [-0.05, 0) is 49.3 Å². The van der Waals surface area contributed by atoms with Gasteiger partial charge in [-0.15, -0.1) is 0 Å². The van der Waals surface area contributed by atoms with Gasteiger partial charge < -0.3 is 9.42 Å². The van der Waals surface area contributed by atoms with Gasteiger partial charge in [0.05, 0.1) is 6.10 Å². The molecule has 5 heteroatoms. The summed E-state index contributed by atoms with van der Waals surface area (Å²) in [5.41, 5.74) is -2.75. The number of hydrogen-bond acceptors (Lipinski definition) is 3. The highest BCUT2D eigenvalue weighted by molar-refractivity contribution is 8.67. The number of rotatable bonds is 14. The van der Waals surface area contributed by atoms with Crippen LogP contribution in [-0.4, -0.2) is 16.2 Å². The van der Waals surface area contributed by atoms with Gasteiger partial charge in [-0.25, -0.2) is 0 Å². The summed E-state index contributed by atoms with van der Waals surface area (Å²) in [5, 5.41) is 0.427. The van der Waals surface area contributed by atoms with Crippen molar-refractivity contribution < 1.29 is 9.42 Å². The number of hydrogen-bond donors (Lipinski definition) is 1. The molecule has 2 nitrogen and oxygen atoms in total. The summed E-state index contributed by atoms with van der Waals surface area (Å²) in [5.74, 6) is 1.20. The molecule has 0 aliphatic carbocycles. The van der Waals surface area contributed by atoms with Crippen LogP contribution in [-0.2, 0) is 16.3 Å². The van der Waals surface area contributed by atoms with Crippen molar-refractivity contribution in [3.05, 3.63) is 0 Å². The van der Waals surface area contributed by atoms with Crippen LogP contribution < -0.4 is 0 Å². The molecule has 0 radical (unpaired) electrons. The largest absolute Gasteiger partial charge is 0.337 e. The third-order valence-electron chi connectivity index (χ3n) is 3.79. The van der Waals surface area contributed by atoms with Gasteiger partial charge in [0, 0.05) is 5.25 Å². The third-order valence-corrected chi connectivity index (χ3v) is 8.33. The molecule has 0 bridgehead atoms. The van der Waals surface area contributed by atoms with E-state index in [2.05, 4.69) is 41.5 Å². The van der Waals surface area contributed by atoms with Gasteiger partial charge >= 0.3 is 0 Å². The monoisotopic (exact) mass is 382 g/mol. The lowest BCUT2D eigenvalue weighted by molar-refractivity contribution is 0.168. The van der Waals surface area contributed by atoms with Gasteiger partial charge in [0.2, 0.25) is 5.69 Å². The Labute approximate surface area is 154 Å². The van der Waals surface area contributed by atoms with Crippen molar-refractivity contribution in [2.75, 3.05) is 0 Å². The minimum absolute atomic E-state index is 0.115. The van der Waals surface area contributed by atoms with E-state index in [4.69, 9.17) is 16.3 Å². The van der Waals surface area contributed by atoms with Crippen molar-refractivity contribution in [3.63, 3.8) is 0 Å². The Kier molecular flexibility index (Phi) is 13.7. The molecule has 0 spiro atoms. The lowest BCUT2D eigenvalue weighted by Gasteiger charge is -2.28. The molecule has 0 rings (SSSR count). The van der Waals surface area contributed by atoms with E-state index < -0.39 is 5.69 Å². The van der Waals surface area contributed by atoms with Gasteiger partial charge in [0.25, 0.3) is 0 Å². The summed E-state index contributed by atoms with van der Waals surface area (Å²) in [7, 11) is 0. The Morgan fingerprint density at radius 1 is 0.957 bits per heavy atom. The second-order valence-electron chi connectivity index (χ2n) is 7.47. The first kappa shape index (κ1) is 23.9. The molecule has 1 N–H and O–H groups in total. The summed E-state index contributed by atoms with van der Waals surface area (Å²) in [4.78, 5) is 10.7. The molecule has 0 aliphatic heterocycles. The zero-order chi connectivity index (χ0) is 17.9. The fourth-order valence-electron chi connectivity index (χ4n) is 2.74. The SMILES string of the molecule is CCCCC(CC(C)C)OP(O)(=S)SC(CCCC)CC(C)C. The Morgan fingerprint density at radius 2 is 1.48 bits per heavy atom. The summed E-state index contributed by atoms with van der Waals surface area (Å²) in [6.45, 7) is 13.3. The first-order valence-electron chi connectivity index (χ1n) is 9.39. The highest BCUT2D eigenvalue weighted by Gasteiger charge is 2.26. The number of unbranched alkanes of at least 4 members (excludes halogenated alkanes) is 2. The van der Waals surface area contributed by atoms with Crippen LogP contribution in [0.15, 0.2) is 0 Å². The standard InChI is InChI=1S/C18H39O2PS2/c1-7-9-11-17(13-15(3)4)20-21(19,22)23-18(12-10-8-2)14-16(5)6/h15-18H,7-14H2,1-6H3,(H,19,22). The van der Waals surface area contributed by atoms with E-state index in [-0.39, 0.29) is 6.10 Å². The molecule has 0 heterocycles. The molecular weight excluding hydrogens is 343 g/mol. The fraction of sp³-hybridized carbons (Fsp3) is 1.00. The topological polar surface area (TPSA) is 29.5 Å². The van der Waals surface area contributed by atoms with Crippen LogP contribution in [0.25, 0.3) is 0 Å². The van der Waals surface area contributed by atoms with Crippen LogP contribution in [0, 0.1) is 11.8 Å². The van der Waals surface area contributed by atoms with Crippen molar-refractivity contribution >= 4 is 28.9 Å². The van der Waals surface area contributed by atoms with Crippen molar-refractivity contribution in [3.8, 4) is 0 Å². The lowest BCUT2D eigenvalue weighted by Crippen LogP contribution is -2.15. The minimum Gasteiger partial charge on any atom is -0.337 e. The molecule has 23 heavy (non-hydrogen) atoms. The van der Waals surface area contributed by atoms with Gasteiger partial charge in [-0.2, -0.15) is 0 Å². The molecule has 3 atom stereocenters. The predicted molar refractivity (Wildman–Crippen MR) is 111 cm³/mol. The molecule has 0 fully saturated rings. The van der Waals surface area contributed by atoms with Crippen LogP contribution in [0.4, 0.5) is 0 Å². The Hall–Kier alpha value is 0.920. The minimum atomic E-state index is -2.75. The van der Waals surface area contributed by atoms with E-state index >= 15 is 0 Å². The molecule has 0 aromatic rings. The Bertz CT molecular complexity index is 307. The zero-order valence-corrected chi connectivity index (χ0v) is 18.6. The smallest absolute Gasteiger partial charge is 0.245 e. The summed E-state index contributed by atoms with van der Waals surface area (Å²) >= 11 is 7.07.